The van der Waals surface area contributed by atoms with Crippen molar-refractivity contribution in [2.24, 2.45) is 5.92 Å². The molecule has 0 saturated heterocycles. The zero-order valence-electron chi connectivity index (χ0n) is 12.7. The molecule has 0 radical (unpaired) electrons. The van der Waals surface area contributed by atoms with Gasteiger partial charge in [0.1, 0.15) is 11.1 Å². The minimum atomic E-state index is -0.0229. The van der Waals surface area contributed by atoms with E-state index in [0.29, 0.717) is 23.1 Å². The van der Waals surface area contributed by atoms with E-state index in [-0.39, 0.29) is 11.7 Å². The highest BCUT2D eigenvalue weighted by molar-refractivity contribution is 8.00. The number of hydrogen-bond acceptors (Lipinski definition) is 4. The second-order valence-corrected chi connectivity index (χ2v) is 6.19. The molecule has 0 atom stereocenters. The predicted octanol–water partition coefficient (Wildman–Crippen LogP) is 2.74. The zero-order chi connectivity index (χ0) is 15.3. The standard InChI is InChI=1S/C15H21N3OS/c1-9(2)7-17-14(19)8-20-15-13(6-16)11(4)10(3)12(5)18-15/h9H,7-8H2,1-5H3,(H,17,19). The van der Waals surface area contributed by atoms with Crippen LogP contribution in [0.3, 0.4) is 0 Å². The van der Waals surface area contributed by atoms with Crippen LogP contribution in [-0.4, -0.2) is 23.2 Å². The Labute approximate surface area is 125 Å². The van der Waals surface area contributed by atoms with Crippen LogP contribution < -0.4 is 5.32 Å². The summed E-state index contributed by atoms with van der Waals surface area (Å²) >= 11 is 1.32. The summed E-state index contributed by atoms with van der Waals surface area (Å²) in [6, 6.07) is 2.19. The van der Waals surface area contributed by atoms with Crippen LogP contribution in [0.2, 0.25) is 0 Å². The molecule has 0 aliphatic heterocycles. The molecule has 1 aromatic rings. The van der Waals surface area contributed by atoms with Gasteiger partial charge in [-0.05, 0) is 37.8 Å². The molecule has 0 saturated carbocycles. The Morgan fingerprint density at radius 3 is 2.55 bits per heavy atom. The minimum absolute atomic E-state index is 0.0229. The van der Waals surface area contributed by atoms with Crippen LogP contribution in [0.4, 0.5) is 0 Å². The van der Waals surface area contributed by atoms with Crippen molar-refractivity contribution in [2.45, 2.75) is 39.6 Å². The lowest BCUT2D eigenvalue weighted by atomic mass is 10.1. The molecule has 0 fully saturated rings. The SMILES string of the molecule is Cc1nc(SCC(=O)NCC(C)C)c(C#N)c(C)c1C. The van der Waals surface area contributed by atoms with Gasteiger partial charge in [0.15, 0.2) is 0 Å². The largest absolute Gasteiger partial charge is 0.355 e. The molecule has 0 aliphatic carbocycles. The van der Waals surface area contributed by atoms with Crippen molar-refractivity contribution < 1.29 is 4.79 Å². The monoisotopic (exact) mass is 291 g/mol. The summed E-state index contributed by atoms with van der Waals surface area (Å²) in [5.41, 5.74) is 3.47. The summed E-state index contributed by atoms with van der Waals surface area (Å²) < 4.78 is 0. The van der Waals surface area contributed by atoms with Gasteiger partial charge in [-0.3, -0.25) is 4.79 Å². The molecule has 0 aliphatic rings. The van der Waals surface area contributed by atoms with Crippen LogP contribution in [0.5, 0.6) is 0 Å². The Bertz CT molecular complexity index is 547. The third-order valence-electron chi connectivity index (χ3n) is 3.12. The van der Waals surface area contributed by atoms with Crippen LogP contribution in [0, 0.1) is 38.0 Å². The third kappa shape index (κ3) is 4.24. The predicted molar refractivity (Wildman–Crippen MR) is 81.7 cm³/mol. The van der Waals surface area contributed by atoms with E-state index < -0.39 is 0 Å². The first-order valence-electron chi connectivity index (χ1n) is 6.64. The Morgan fingerprint density at radius 2 is 2.00 bits per heavy atom. The molecule has 0 bridgehead atoms. The molecular formula is C15H21N3OS. The van der Waals surface area contributed by atoms with Gasteiger partial charge in [-0.15, -0.1) is 0 Å². The van der Waals surface area contributed by atoms with Gasteiger partial charge in [0, 0.05) is 12.2 Å². The highest BCUT2D eigenvalue weighted by Gasteiger charge is 2.14. The van der Waals surface area contributed by atoms with Crippen molar-refractivity contribution in [2.75, 3.05) is 12.3 Å². The van der Waals surface area contributed by atoms with Crippen LogP contribution >= 0.6 is 11.8 Å². The van der Waals surface area contributed by atoms with E-state index in [0.717, 1.165) is 16.8 Å². The van der Waals surface area contributed by atoms with Crippen LogP contribution in [0.1, 0.15) is 36.2 Å². The number of aromatic nitrogens is 1. The third-order valence-corrected chi connectivity index (χ3v) is 4.10. The van der Waals surface area contributed by atoms with Gasteiger partial charge in [-0.2, -0.15) is 5.26 Å². The van der Waals surface area contributed by atoms with Gasteiger partial charge in [0.2, 0.25) is 5.91 Å². The van der Waals surface area contributed by atoms with Crippen LogP contribution in [0.15, 0.2) is 5.03 Å². The Hall–Kier alpha value is -1.54. The fourth-order valence-electron chi connectivity index (χ4n) is 1.65. The van der Waals surface area contributed by atoms with E-state index in [4.69, 9.17) is 0 Å². The van der Waals surface area contributed by atoms with Crippen molar-refractivity contribution in [1.82, 2.24) is 10.3 Å². The van der Waals surface area contributed by atoms with Crippen LogP contribution in [0.25, 0.3) is 0 Å². The van der Waals surface area contributed by atoms with Crippen LogP contribution in [-0.2, 0) is 4.79 Å². The van der Waals surface area contributed by atoms with Crippen molar-refractivity contribution in [3.63, 3.8) is 0 Å². The maximum absolute atomic E-state index is 11.7. The highest BCUT2D eigenvalue weighted by atomic mass is 32.2. The number of amides is 1. The number of thioether (sulfide) groups is 1. The first-order valence-corrected chi connectivity index (χ1v) is 7.62. The number of pyridine rings is 1. The number of nitriles is 1. The Morgan fingerprint density at radius 1 is 1.35 bits per heavy atom. The summed E-state index contributed by atoms with van der Waals surface area (Å²) in [7, 11) is 0. The molecule has 5 heteroatoms. The van der Waals surface area contributed by atoms with Gasteiger partial charge in [-0.1, -0.05) is 25.6 Å². The Kier molecular flexibility index (Phi) is 6.03. The second-order valence-electron chi connectivity index (χ2n) is 5.23. The van der Waals surface area contributed by atoms with E-state index in [1.807, 2.05) is 20.8 Å². The van der Waals surface area contributed by atoms with Crippen molar-refractivity contribution >= 4 is 17.7 Å². The molecule has 20 heavy (non-hydrogen) atoms. The molecule has 0 spiro atoms. The van der Waals surface area contributed by atoms with E-state index >= 15 is 0 Å². The molecule has 0 unspecified atom stereocenters. The number of nitrogens with zero attached hydrogens (tertiary/aromatic N) is 2. The van der Waals surface area contributed by atoms with E-state index in [1.54, 1.807) is 0 Å². The summed E-state index contributed by atoms with van der Waals surface area (Å²) in [4.78, 5) is 16.1. The van der Waals surface area contributed by atoms with Crippen molar-refractivity contribution in [3.05, 3.63) is 22.4 Å². The van der Waals surface area contributed by atoms with Crippen molar-refractivity contribution in [3.8, 4) is 6.07 Å². The lowest BCUT2D eigenvalue weighted by molar-refractivity contribution is -0.118. The molecule has 0 aromatic carbocycles. The molecule has 1 aromatic heterocycles. The topological polar surface area (TPSA) is 65.8 Å². The lowest BCUT2D eigenvalue weighted by Gasteiger charge is -2.11. The molecule has 1 N–H and O–H groups in total. The normalized spacial score (nSPS) is 10.4. The van der Waals surface area contributed by atoms with E-state index in [2.05, 4.69) is 30.2 Å². The average Bonchev–Trinajstić information content (AvgIpc) is 2.40. The smallest absolute Gasteiger partial charge is 0.230 e. The average molecular weight is 291 g/mol. The number of aryl methyl sites for hydroxylation is 1. The van der Waals surface area contributed by atoms with Gasteiger partial charge in [0.05, 0.1) is 11.3 Å². The number of carbonyl (C=O) groups is 1. The maximum Gasteiger partial charge on any atom is 0.230 e. The van der Waals surface area contributed by atoms with Gasteiger partial charge >= 0.3 is 0 Å². The lowest BCUT2D eigenvalue weighted by Crippen LogP contribution is -2.28. The molecule has 1 heterocycles. The van der Waals surface area contributed by atoms with Gasteiger partial charge in [0.25, 0.3) is 0 Å². The summed E-state index contributed by atoms with van der Waals surface area (Å²) in [6.07, 6.45) is 0. The van der Waals surface area contributed by atoms with Gasteiger partial charge in [-0.25, -0.2) is 4.98 Å². The number of hydrogen-bond donors (Lipinski definition) is 1. The molecular weight excluding hydrogens is 270 g/mol. The highest BCUT2D eigenvalue weighted by Crippen LogP contribution is 2.26. The zero-order valence-corrected chi connectivity index (χ0v) is 13.5. The first-order chi connectivity index (χ1) is 9.36. The van der Waals surface area contributed by atoms with E-state index in [1.165, 1.54) is 11.8 Å². The maximum atomic E-state index is 11.7. The minimum Gasteiger partial charge on any atom is -0.355 e. The number of rotatable bonds is 5. The molecule has 1 amide bonds. The summed E-state index contributed by atoms with van der Waals surface area (Å²) in [6.45, 7) is 10.6. The summed E-state index contributed by atoms with van der Waals surface area (Å²) in [5.74, 6) is 0.696. The molecule has 1 rings (SSSR count). The summed E-state index contributed by atoms with van der Waals surface area (Å²) in [5, 5.41) is 12.8. The molecule has 108 valence electrons. The Balaban J connectivity index is 2.79. The number of carbonyl (C=O) groups excluding carboxylic acids is 1. The molecule has 4 nitrogen and oxygen atoms in total. The second kappa shape index (κ2) is 7.30. The van der Waals surface area contributed by atoms with Crippen molar-refractivity contribution in [1.29, 1.82) is 5.26 Å². The quantitative estimate of drug-likeness (QED) is 0.847. The fraction of sp³-hybridized carbons (Fsp3) is 0.533. The van der Waals surface area contributed by atoms with E-state index in [9.17, 15) is 10.1 Å². The first kappa shape index (κ1) is 16.5. The van der Waals surface area contributed by atoms with Gasteiger partial charge < -0.3 is 5.32 Å². The fourth-order valence-corrected chi connectivity index (χ4v) is 2.56. The number of nitrogens with one attached hydrogen (secondary N) is 1.